The van der Waals surface area contributed by atoms with Crippen LogP contribution < -0.4 is 10.6 Å². The van der Waals surface area contributed by atoms with Gasteiger partial charge in [-0.2, -0.15) is 0 Å². The van der Waals surface area contributed by atoms with Crippen LogP contribution in [-0.2, 0) is 11.3 Å². The van der Waals surface area contributed by atoms with Crippen molar-refractivity contribution in [2.75, 3.05) is 17.7 Å². The molecule has 0 bridgehead atoms. The van der Waals surface area contributed by atoms with Gasteiger partial charge in [-0.15, -0.1) is 0 Å². The van der Waals surface area contributed by atoms with Crippen LogP contribution in [0.3, 0.4) is 0 Å². The van der Waals surface area contributed by atoms with E-state index in [-0.39, 0.29) is 0 Å². The van der Waals surface area contributed by atoms with Crippen LogP contribution in [0.2, 0.25) is 0 Å². The first-order valence-corrected chi connectivity index (χ1v) is 7.31. The normalized spacial score (nSPS) is 10.0. The van der Waals surface area contributed by atoms with Gasteiger partial charge in [0.05, 0.1) is 7.11 Å². The Kier molecular flexibility index (Phi) is 5.22. The van der Waals surface area contributed by atoms with Gasteiger partial charge in [-0.25, -0.2) is 4.79 Å². The summed E-state index contributed by atoms with van der Waals surface area (Å²) in [5, 5.41) is 5.97. The lowest BCUT2D eigenvalue weighted by molar-refractivity contribution is 0.187. The van der Waals surface area contributed by atoms with Crippen molar-refractivity contribution in [3.05, 3.63) is 58.1 Å². The number of carbonyl (C=O) groups is 1. The third-order valence-electron chi connectivity index (χ3n) is 3.01. The topological polar surface area (TPSA) is 50.4 Å². The molecule has 21 heavy (non-hydrogen) atoms. The van der Waals surface area contributed by atoms with Gasteiger partial charge in [0.2, 0.25) is 0 Å². The minimum atomic E-state index is -0.476. The van der Waals surface area contributed by atoms with Gasteiger partial charge in [0.25, 0.3) is 0 Å². The second-order valence-electron chi connectivity index (χ2n) is 4.63. The number of anilines is 2. The molecule has 4 nitrogen and oxygen atoms in total. The number of nitrogens with one attached hydrogen (secondary N) is 2. The van der Waals surface area contributed by atoms with E-state index < -0.39 is 6.09 Å². The minimum absolute atomic E-state index is 0.476. The molecule has 0 atom stereocenters. The molecule has 5 heteroatoms. The highest BCUT2D eigenvalue weighted by atomic mass is 79.9. The molecule has 2 rings (SSSR count). The summed E-state index contributed by atoms with van der Waals surface area (Å²) in [6.45, 7) is 2.78. The molecule has 0 aliphatic carbocycles. The molecule has 0 aromatic heterocycles. The minimum Gasteiger partial charge on any atom is -0.453 e. The van der Waals surface area contributed by atoms with Crippen molar-refractivity contribution in [3.63, 3.8) is 0 Å². The molecule has 110 valence electrons. The summed E-state index contributed by atoms with van der Waals surface area (Å²) in [4.78, 5) is 11.2. The van der Waals surface area contributed by atoms with Gasteiger partial charge in [-0.05, 0) is 42.3 Å². The van der Waals surface area contributed by atoms with E-state index in [0.29, 0.717) is 5.69 Å². The molecule has 0 heterocycles. The summed E-state index contributed by atoms with van der Waals surface area (Å²) in [6, 6.07) is 13.7. The van der Waals surface area contributed by atoms with Crippen LogP contribution in [0, 0.1) is 6.92 Å². The molecule has 1 amide bonds. The summed E-state index contributed by atoms with van der Waals surface area (Å²) in [5.74, 6) is 0. The highest BCUT2D eigenvalue weighted by molar-refractivity contribution is 9.10. The Hall–Kier alpha value is -2.01. The SMILES string of the molecule is COC(=O)Nc1cccc(NCc2ccc(Br)c(C)c2)c1. The molecular weight excluding hydrogens is 332 g/mol. The summed E-state index contributed by atoms with van der Waals surface area (Å²) in [7, 11) is 1.34. The molecule has 0 radical (unpaired) electrons. The Morgan fingerprint density at radius 3 is 2.67 bits per heavy atom. The predicted octanol–water partition coefficient (Wildman–Crippen LogP) is 4.55. The summed E-state index contributed by atoms with van der Waals surface area (Å²) in [6.07, 6.45) is -0.476. The maximum atomic E-state index is 11.2. The van der Waals surface area contributed by atoms with Gasteiger partial charge in [0.1, 0.15) is 0 Å². The Balaban J connectivity index is 2.01. The van der Waals surface area contributed by atoms with Gasteiger partial charge in [-0.3, -0.25) is 5.32 Å². The number of benzene rings is 2. The average Bonchev–Trinajstić information content (AvgIpc) is 2.49. The van der Waals surface area contributed by atoms with Crippen LogP contribution in [0.15, 0.2) is 46.9 Å². The number of methoxy groups -OCH3 is 1. The fourth-order valence-corrected chi connectivity index (χ4v) is 2.14. The maximum absolute atomic E-state index is 11.2. The fourth-order valence-electron chi connectivity index (χ4n) is 1.90. The van der Waals surface area contributed by atoms with Crippen LogP contribution in [0.4, 0.5) is 16.2 Å². The van der Waals surface area contributed by atoms with Gasteiger partial charge in [0.15, 0.2) is 0 Å². The first-order valence-electron chi connectivity index (χ1n) is 6.52. The van der Waals surface area contributed by atoms with E-state index in [2.05, 4.69) is 50.4 Å². The molecule has 2 N–H and O–H groups in total. The van der Waals surface area contributed by atoms with Crippen molar-refractivity contribution < 1.29 is 9.53 Å². The number of hydrogen-bond acceptors (Lipinski definition) is 3. The van der Waals surface area contributed by atoms with E-state index in [0.717, 1.165) is 16.7 Å². The Bertz CT molecular complexity index is 644. The van der Waals surface area contributed by atoms with E-state index in [9.17, 15) is 4.79 Å². The lowest BCUT2D eigenvalue weighted by atomic mass is 10.1. The number of amides is 1. The van der Waals surface area contributed by atoms with Gasteiger partial charge in [-0.1, -0.05) is 34.1 Å². The van der Waals surface area contributed by atoms with Crippen molar-refractivity contribution in [2.24, 2.45) is 0 Å². The zero-order valence-electron chi connectivity index (χ0n) is 11.9. The van der Waals surface area contributed by atoms with Crippen molar-refractivity contribution >= 4 is 33.4 Å². The van der Waals surface area contributed by atoms with E-state index in [1.54, 1.807) is 0 Å². The molecule has 0 saturated carbocycles. The Morgan fingerprint density at radius 1 is 1.19 bits per heavy atom. The van der Waals surface area contributed by atoms with E-state index in [4.69, 9.17) is 0 Å². The molecule has 2 aromatic rings. The largest absolute Gasteiger partial charge is 0.453 e. The number of carbonyl (C=O) groups excluding carboxylic acids is 1. The van der Waals surface area contributed by atoms with Crippen LogP contribution in [0.5, 0.6) is 0 Å². The molecule has 0 aliphatic rings. The molecule has 0 unspecified atom stereocenters. The molecule has 0 saturated heterocycles. The van der Waals surface area contributed by atoms with Crippen LogP contribution in [0.1, 0.15) is 11.1 Å². The van der Waals surface area contributed by atoms with Crippen LogP contribution >= 0.6 is 15.9 Å². The van der Waals surface area contributed by atoms with E-state index >= 15 is 0 Å². The molecule has 0 aliphatic heterocycles. The zero-order valence-corrected chi connectivity index (χ0v) is 13.5. The number of aryl methyl sites for hydroxylation is 1. The summed E-state index contributed by atoms with van der Waals surface area (Å²) < 4.78 is 5.68. The van der Waals surface area contributed by atoms with E-state index in [1.165, 1.54) is 18.2 Å². The summed E-state index contributed by atoms with van der Waals surface area (Å²) >= 11 is 3.49. The monoisotopic (exact) mass is 348 g/mol. The van der Waals surface area contributed by atoms with Crippen molar-refractivity contribution in [2.45, 2.75) is 13.5 Å². The van der Waals surface area contributed by atoms with Crippen molar-refractivity contribution in [1.29, 1.82) is 0 Å². The average molecular weight is 349 g/mol. The fraction of sp³-hybridized carbons (Fsp3) is 0.188. The maximum Gasteiger partial charge on any atom is 0.411 e. The highest BCUT2D eigenvalue weighted by Crippen LogP contribution is 2.19. The third-order valence-corrected chi connectivity index (χ3v) is 3.90. The standard InChI is InChI=1S/C16H17BrN2O2/c1-11-8-12(6-7-15(11)17)10-18-13-4-3-5-14(9-13)19-16(20)21-2/h3-9,18H,10H2,1-2H3,(H,19,20). The predicted molar refractivity (Wildman–Crippen MR) is 88.7 cm³/mol. The zero-order chi connectivity index (χ0) is 15.2. The first kappa shape index (κ1) is 15.4. The van der Waals surface area contributed by atoms with E-state index in [1.807, 2.05) is 30.3 Å². The number of halogens is 1. The first-order chi connectivity index (χ1) is 10.1. The lowest BCUT2D eigenvalue weighted by Crippen LogP contribution is -2.11. The third kappa shape index (κ3) is 4.49. The van der Waals surface area contributed by atoms with Gasteiger partial charge < -0.3 is 10.1 Å². The Labute approximate surface area is 132 Å². The van der Waals surface area contributed by atoms with Crippen molar-refractivity contribution in [3.8, 4) is 0 Å². The molecular formula is C16H17BrN2O2. The van der Waals surface area contributed by atoms with Crippen molar-refractivity contribution in [1.82, 2.24) is 0 Å². The highest BCUT2D eigenvalue weighted by Gasteiger charge is 2.02. The molecule has 2 aromatic carbocycles. The van der Waals surface area contributed by atoms with Gasteiger partial charge >= 0.3 is 6.09 Å². The smallest absolute Gasteiger partial charge is 0.411 e. The molecule has 0 spiro atoms. The number of ether oxygens (including phenoxy) is 1. The summed E-state index contributed by atoms with van der Waals surface area (Å²) in [5.41, 5.74) is 4.03. The second kappa shape index (κ2) is 7.13. The molecule has 0 fully saturated rings. The quantitative estimate of drug-likeness (QED) is 0.852. The second-order valence-corrected chi connectivity index (χ2v) is 5.49. The number of rotatable bonds is 4. The van der Waals surface area contributed by atoms with Gasteiger partial charge in [0, 0.05) is 22.4 Å². The Morgan fingerprint density at radius 2 is 1.95 bits per heavy atom. The van der Waals surface area contributed by atoms with Crippen LogP contribution in [0.25, 0.3) is 0 Å². The van der Waals surface area contributed by atoms with Crippen LogP contribution in [-0.4, -0.2) is 13.2 Å². The number of hydrogen-bond donors (Lipinski definition) is 2. The lowest BCUT2D eigenvalue weighted by Gasteiger charge is -2.10.